The number of alkyl halides is 3. The average Bonchev–Trinajstić information content (AvgIpc) is 3.06. The zero-order valence-electron chi connectivity index (χ0n) is 15.2. The van der Waals surface area contributed by atoms with Crippen molar-refractivity contribution in [1.29, 1.82) is 0 Å². The van der Waals surface area contributed by atoms with Gasteiger partial charge in [-0.1, -0.05) is 18.2 Å². The van der Waals surface area contributed by atoms with E-state index >= 15 is 0 Å². The minimum atomic E-state index is -5.75. The van der Waals surface area contributed by atoms with Crippen molar-refractivity contribution in [1.82, 2.24) is 4.98 Å². The molecule has 0 aliphatic carbocycles. The zero-order valence-corrected chi connectivity index (χ0v) is 16.1. The Balaban J connectivity index is 1.75. The molecule has 0 atom stereocenters. The van der Waals surface area contributed by atoms with Crippen LogP contribution in [0.5, 0.6) is 5.75 Å². The second-order valence-corrected chi connectivity index (χ2v) is 8.12. The largest absolute Gasteiger partial charge is 0.534 e. The van der Waals surface area contributed by atoms with Crippen LogP contribution in [0.3, 0.4) is 0 Å². The molecule has 0 radical (unpaired) electrons. The van der Waals surface area contributed by atoms with E-state index in [4.69, 9.17) is 4.42 Å². The maximum absolute atomic E-state index is 12.5. The molecule has 0 aliphatic rings. The maximum atomic E-state index is 12.5. The van der Waals surface area contributed by atoms with Gasteiger partial charge in [-0.25, -0.2) is 4.98 Å². The smallest absolute Gasteiger partial charge is 0.454 e. The number of hydrogen-bond donors (Lipinski definition) is 0. The van der Waals surface area contributed by atoms with Gasteiger partial charge in [0.15, 0.2) is 5.76 Å². The SMILES string of the molecule is Cc1ccc(C)c2nc(-c3cc4ccc(OS(=O)(=O)C(F)(F)F)cc4o3)ccc12. The lowest BCUT2D eigenvalue weighted by Gasteiger charge is -2.08. The van der Waals surface area contributed by atoms with E-state index in [2.05, 4.69) is 9.17 Å². The van der Waals surface area contributed by atoms with Crippen LogP contribution in [0.15, 0.2) is 52.9 Å². The number of aryl methyl sites for hydroxylation is 2. The summed E-state index contributed by atoms with van der Waals surface area (Å²) in [5, 5.41) is 1.58. The van der Waals surface area contributed by atoms with E-state index in [-0.39, 0.29) is 5.58 Å². The molecule has 2 aromatic heterocycles. The van der Waals surface area contributed by atoms with Crippen molar-refractivity contribution in [2.24, 2.45) is 0 Å². The summed E-state index contributed by atoms with van der Waals surface area (Å²) < 4.78 is 69.7. The summed E-state index contributed by atoms with van der Waals surface area (Å²) in [5.74, 6) is -0.0905. The number of hydrogen-bond acceptors (Lipinski definition) is 5. The van der Waals surface area contributed by atoms with Crippen molar-refractivity contribution in [3.05, 3.63) is 59.7 Å². The third kappa shape index (κ3) is 3.42. The first kappa shape index (κ1) is 19.3. The van der Waals surface area contributed by atoms with Crippen LogP contribution in [-0.2, 0) is 10.1 Å². The summed E-state index contributed by atoms with van der Waals surface area (Å²) in [4.78, 5) is 4.65. The highest BCUT2D eigenvalue weighted by Gasteiger charge is 2.48. The molecule has 4 aromatic rings. The van der Waals surface area contributed by atoms with Crippen LogP contribution in [-0.4, -0.2) is 18.9 Å². The van der Waals surface area contributed by atoms with Gasteiger partial charge < -0.3 is 8.60 Å². The molecule has 29 heavy (non-hydrogen) atoms. The monoisotopic (exact) mass is 421 g/mol. The van der Waals surface area contributed by atoms with Gasteiger partial charge in [0.2, 0.25) is 0 Å². The molecular formula is C20H14F3NO4S. The number of pyridine rings is 1. The second-order valence-electron chi connectivity index (χ2n) is 6.59. The van der Waals surface area contributed by atoms with Gasteiger partial charge in [0.25, 0.3) is 0 Å². The van der Waals surface area contributed by atoms with E-state index in [9.17, 15) is 21.6 Å². The number of nitrogens with zero attached hydrogens (tertiary/aromatic N) is 1. The summed E-state index contributed by atoms with van der Waals surface area (Å²) in [6.45, 7) is 3.93. The Labute approximate surface area is 163 Å². The Hall–Kier alpha value is -3.07. The Bertz CT molecular complexity index is 1360. The third-order valence-corrected chi connectivity index (χ3v) is 5.49. The Morgan fingerprint density at radius 3 is 2.41 bits per heavy atom. The molecule has 0 amide bonds. The molecule has 0 saturated carbocycles. The lowest BCUT2D eigenvalue weighted by Crippen LogP contribution is -2.27. The number of fused-ring (bicyclic) bond motifs is 2. The van der Waals surface area contributed by atoms with Gasteiger partial charge in [-0.15, -0.1) is 0 Å². The van der Waals surface area contributed by atoms with Crippen molar-refractivity contribution >= 4 is 32.0 Å². The van der Waals surface area contributed by atoms with Gasteiger partial charge in [-0.2, -0.15) is 21.6 Å². The van der Waals surface area contributed by atoms with Gasteiger partial charge in [0.05, 0.1) is 5.52 Å². The molecule has 0 spiro atoms. The third-order valence-electron chi connectivity index (χ3n) is 4.51. The number of aromatic nitrogens is 1. The molecule has 2 aromatic carbocycles. The van der Waals surface area contributed by atoms with Crippen molar-refractivity contribution < 1.29 is 30.2 Å². The Morgan fingerprint density at radius 1 is 0.966 bits per heavy atom. The fraction of sp³-hybridized carbons (Fsp3) is 0.150. The molecule has 4 rings (SSSR count). The first-order valence-corrected chi connectivity index (χ1v) is 9.88. The van der Waals surface area contributed by atoms with E-state index in [0.29, 0.717) is 16.8 Å². The van der Waals surface area contributed by atoms with Crippen LogP contribution >= 0.6 is 0 Å². The van der Waals surface area contributed by atoms with Crippen LogP contribution in [0.2, 0.25) is 0 Å². The lowest BCUT2D eigenvalue weighted by molar-refractivity contribution is -0.0500. The van der Waals surface area contributed by atoms with E-state index in [1.165, 1.54) is 6.07 Å². The van der Waals surface area contributed by atoms with Crippen LogP contribution in [0.4, 0.5) is 13.2 Å². The minimum absolute atomic E-state index is 0.178. The standard InChI is InChI=1S/C20H14F3NO4S/c1-11-3-4-12(2)19-15(11)7-8-16(24-19)18-9-13-5-6-14(10-17(13)27-18)28-29(25,26)20(21,22)23/h3-10H,1-2H3. The van der Waals surface area contributed by atoms with Gasteiger partial charge in [0, 0.05) is 16.8 Å². The molecule has 2 heterocycles. The molecule has 150 valence electrons. The highest BCUT2D eigenvalue weighted by Crippen LogP contribution is 2.33. The molecule has 0 bridgehead atoms. The predicted molar refractivity (Wildman–Crippen MR) is 102 cm³/mol. The number of halogens is 3. The van der Waals surface area contributed by atoms with Crippen molar-refractivity contribution in [2.75, 3.05) is 0 Å². The second kappa shape index (κ2) is 6.48. The van der Waals surface area contributed by atoms with E-state index < -0.39 is 21.4 Å². The summed E-state index contributed by atoms with van der Waals surface area (Å²) in [6, 6.07) is 13.0. The molecule has 0 fully saturated rings. The zero-order chi connectivity index (χ0) is 21.0. The van der Waals surface area contributed by atoms with E-state index in [0.717, 1.165) is 34.2 Å². The molecule has 5 nitrogen and oxygen atoms in total. The van der Waals surface area contributed by atoms with Crippen LogP contribution in [0.1, 0.15) is 11.1 Å². The highest BCUT2D eigenvalue weighted by atomic mass is 32.2. The molecular weight excluding hydrogens is 407 g/mol. The summed E-state index contributed by atoms with van der Waals surface area (Å²) in [7, 11) is -5.75. The van der Waals surface area contributed by atoms with E-state index in [1.807, 2.05) is 32.0 Å². The van der Waals surface area contributed by atoms with Crippen molar-refractivity contribution in [2.45, 2.75) is 19.4 Å². The van der Waals surface area contributed by atoms with Crippen molar-refractivity contribution in [3.8, 4) is 17.2 Å². The summed E-state index contributed by atoms with van der Waals surface area (Å²) >= 11 is 0. The first-order chi connectivity index (χ1) is 13.5. The predicted octanol–water partition coefficient (Wildman–Crippen LogP) is 5.49. The topological polar surface area (TPSA) is 69.4 Å². The lowest BCUT2D eigenvalue weighted by atomic mass is 10.0. The molecule has 9 heteroatoms. The average molecular weight is 421 g/mol. The molecule has 0 aliphatic heterocycles. The van der Waals surface area contributed by atoms with Crippen molar-refractivity contribution in [3.63, 3.8) is 0 Å². The quantitative estimate of drug-likeness (QED) is 0.323. The fourth-order valence-electron chi connectivity index (χ4n) is 3.00. The minimum Gasteiger partial charge on any atom is -0.454 e. The van der Waals surface area contributed by atoms with Crippen LogP contribution in [0, 0.1) is 13.8 Å². The maximum Gasteiger partial charge on any atom is 0.534 e. The number of furan rings is 1. The Kier molecular flexibility index (Phi) is 4.30. The van der Waals surface area contributed by atoms with Gasteiger partial charge >= 0.3 is 15.6 Å². The normalized spacial score (nSPS) is 12.6. The highest BCUT2D eigenvalue weighted by molar-refractivity contribution is 7.88. The summed E-state index contributed by atoms with van der Waals surface area (Å²) in [5.41, 5.74) is -1.88. The van der Waals surface area contributed by atoms with Crippen LogP contribution < -0.4 is 4.18 Å². The first-order valence-electron chi connectivity index (χ1n) is 8.47. The van der Waals surface area contributed by atoms with Gasteiger partial charge in [0.1, 0.15) is 17.0 Å². The number of rotatable bonds is 3. The molecule has 0 unspecified atom stereocenters. The fourth-order valence-corrected chi connectivity index (χ4v) is 3.45. The van der Waals surface area contributed by atoms with Gasteiger partial charge in [-0.3, -0.25) is 0 Å². The summed E-state index contributed by atoms with van der Waals surface area (Å²) in [6.07, 6.45) is 0. The van der Waals surface area contributed by atoms with Crippen LogP contribution in [0.25, 0.3) is 33.3 Å². The molecule has 0 N–H and O–H groups in total. The van der Waals surface area contributed by atoms with Gasteiger partial charge in [-0.05, 0) is 49.2 Å². The molecule has 0 saturated heterocycles. The number of benzene rings is 2. The Morgan fingerprint density at radius 2 is 1.69 bits per heavy atom. The van der Waals surface area contributed by atoms with E-state index in [1.54, 1.807) is 12.1 Å².